The zero-order valence-electron chi connectivity index (χ0n) is 16.8. The third-order valence-electron chi connectivity index (χ3n) is 4.56. The number of hydrogen-bond donors (Lipinski definition) is 3. The number of carbonyl (C=O) groups is 2. The van der Waals surface area contributed by atoms with Gasteiger partial charge in [0.1, 0.15) is 6.33 Å². The average molecular weight is 448 g/mol. The summed E-state index contributed by atoms with van der Waals surface area (Å²) in [5, 5.41) is 21.3. The molecule has 0 radical (unpaired) electrons. The molecule has 0 spiro atoms. The lowest BCUT2D eigenvalue weighted by Gasteiger charge is -2.17. The molecule has 4 rings (SSSR count). The Bertz CT molecular complexity index is 1130. The number of anilines is 1. The van der Waals surface area contributed by atoms with Crippen LogP contribution in [-0.2, 0) is 24.8 Å². The van der Waals surface area contributed by atoms with E-state index in [1.807, 2.05) is 31.3 Å². The van der Waals surface area contributed by atoms with Gasteiger partial charge in [0, 0.05) is 30.9 Å². The summed E-state index contributed by atoms with van der Waals surface area (Å²) in [7, 11) is 1.86. The molecule has 1 amide bonds. The zero-order chi connectivity index (χ0) is 23.3. The largest absolute Gasteiger partial charge is 0.490 e. The fourth-order valence-electron chi connectivity index (χ4n) is 3.00. The molecule has 1 aliphatic heterocycles. The number of benzene rings is 1. The van der Waals surface area contributed by atoms with Crippen molar-refractivity contribution in [2.45, 2.75) is 19.1 Å². The molecule has 0 atom stereocenters. The van der Waals surface area contributed by atoms with Crippen LogP contribution in [0, 0.1) is 0 Å². The van der Waals surface area contributed by atoms with Crippen molar-refractivity contribution in [1.82, 2.24) is 25.1 Å². The number of carboxylic acids is 1. The SMILES string of the molecule is Cn1cnnc1-c1cncc(NC(=O)c2ccc3c(c2)CNCC3)c1.O=C(O)C(F)(F)F. The van der Waals surface area contributed by atoms with Crippen LogP contribution < -0.4 is 10.6 Å². The second-order valence-corrected chi connectivity index (χ2v) is 6.90. The van der Waals surface area contributed by atoms with Crippen molar-refractivity contribution < 1.29 is 27.9 Å². The number of nitrogens with zero attached hydrogens (tertiary/aromatic N) is 4. The maximum absolute atomic E-state index is 12.6. The predicted octanol–water partition coefficient (Wildman–Crippen LogP) is 2.41. The van der Waals surface area contributed by atoms with Crippen LogP contribution in [-0.4, -0.2) is 49.5 Å². The van der Waals surface area contributed by atoms with Crippen molar-refractivity contribution in [3.63, 3.8) is 0 Å². The molecule has 168 valence electrons. The van der Waals surface area contributed by atoms with E-state index < -0.39 is 12.1 Å². The molecule has 2 aromatic heterocycles. The maximum Gasteiger partial charge on any atom is 0.490 e. The highest BCUT2D eigenvalue weighted by Crippen LogP contribution is 2.20. The minimum Gasteiger partial charge on any atom is -0.475 e. The van der Waals surface area contributed by atoms with Crippen LogP contribution in [0.5, 0.6) is 0 Å². The number of aromatic nitrogens is 4. The molecule has 12 heteroatoms. The second-order valence-electron chi connectivity index (χ2n) is 6.90. The van der Waals surface area contributed by atoms with E-state index in [9.17, 15) is 18.0 Å². The molecular formula is C20H19F3N6O3. The topological polar surface area (TPSA) is 122 Å². The molecule has 0 saturated carbocycles. The van der Waals surface area contributed by atoms with Gasteiger partial charge in [0.15, 0.2) is 5.82 Å². The summed E-state index contributed by atoms with van der Waals surface area (Å²) in [4.78, 5) is 25.7. The highest BCUT2D eigenvalue weighted by atomic mass is 19.4. The fourth-order valence-corrected chi connectivity index (χ4v) is 3.00. The molecule has 3 heterocycles. The number of carbonyl (C=O) groups excluding carboxylic acids is 1. The number of fused-ring (bicyclic) bond motifs is 1. The standard InChI is InChI=1S/C18H18N6O.C2HF3O2/c1-24-11-21-23-17(24)15-7-16(10-20-9-15)22-18(25)13-3-2-12-4-5-19-8-14(12)6-13;3-2(4,5)1(6)7/h2-3,6-7,9-11,19H,4-5,8H2,1H3,(H,22,25);(H,6,7). The van der Waals surface area contributed by atoms with Crippen LogP contribution in [0.15, 0.2) is 43.0 Å². The summed E-state index contributed by atoms with van der Waals surface area (Å²) in [5.74, 6) is -2.21. The molecule has 32 heavy (non-hydrogen) atoms. The van der Waals surface area contributed by atoms with E-state index in [4.69, 9.17) is 9.90 Å². The number of halogens is 3. The van der Waals surface area contributed by atoms with Gasteiger partial charge in [-0.05, 0) is 42.3 Å². The van der Waals surface area contributed by atoms with Crippen molar-refractivity contribution in [3.8, 4) is 11.4 Å². The Labute approximate surface area is 180 Å². The smallest absolute Gasteiger partial charge is 0.475 e. The Morgan fingerprint density at radius 3 is 2.59 bits per heavy atom. The highest BCUT2D eigenvalue weighted by molar-refractivity contribution is 6.04. The molecule has 9 nitrogen and oxygen atoms in total. The van der Waals surface area contributed by atoms with Crippen molar-refractivity contribution in [1.29, 1.82) is 0 Å². The Morgan fingerprint density at radius 1 is 1.19 bits per heavy atom. The Kier molecular flexibility index (Phi) is 6.83. The van der Waals surface area contributed by atoms with Crippen molar-refractivity contribution in [3.05, 3.63) is 59.7 Å². The highest BCUT2D eigenvalue weighted by Gasteiger charge is 2.38. The van der Waals surface area contributed by atoms with Crippen LogP contribution >= 0.6 is 0 Å². The van der Waals surface area contributed by atoms with Gasteiger partial charge >= 0.3 is 12.1 Å². The molecule has 0 unspecified atom stereocenters. The van der Waals surface area contributed by atoms with E-state index in [1.54, 1.807) is 23.3 Å². The summed E-state index contributed by atoms with van der Waals surface area (Å²) in [6, 6.07) is 7.71. The zero-order valence-corrected chi connectivity index (χ0v) is 16.8. The summed E-state index contributed by atoms with van der Waals surface area (Å²) in [6.07, 6.45) is 0.866. The van der Waals surface area contributed by atoms with Gasteiger partial charge in [0.05, 0.1) is 11.9 Å². The Balaban J connectivity index is 0.000000360. The Morgan fingerprint density at radius 2 is 1.94 bits per heavy atom. The maximum atomic E-state index is 12.6. The fraction of sp³-hybridized carbons (Fsp3) is 0.250. The molecule has 0 aliphatic carbocycles. The van der Waals surface area contributed by atoms with Gasteiger partial charge in [-0.1, -0.05) is 6.07 Å². The number of aryl methyl sites for hydroxylation is 1. The van der Waals surface area contributed by atoms with E-state index >= 15 is 0 Å². The number of hydrogen-bond acceptors (Lipinski definition) is 6. The predicted molar refractivity (Wildman–Crippen MR) is 108 cm³/mol. The van der Waals surface area contributed by atoms with Crippen LogP contribution in [0.2, 0.25) is 0 Å². The molecule has 0 fully saturated rings. The van der Waals surface area contributed by atoms with Gasteiger partial charge in [-0.25, -0.2) is 4.79 Å². The normalized spacial score (nSPS) is 12.9. The molecule has 1 aromatic carbocycles. The number of nitrogens with one attached hydrogen (secondary N) is 2. The van der Waals surface area contributed by atoms with Crippen molar-refractivity contribution in [2.24, 2.45) is 7.05 Å². The molecule has 1 aliphatic rings. The van der Waals surface area contributed by atoms with E-state index in [2.05, 4.69) is 25.8 Å². The lowest BCUT2D eigenvalue weighted by molar-refractivity contribution is -0.192. The van der Waals surface area contributed by atoms with Gasteiger partial charge in [0.25, 0.3) is 5.91 Å². The quantitative estimate of drug-likeness (QED) is 0.563. The minimum atomic E-state index is -5.08. The van der Waals surface area contributed by atoms with Crippen molar-refractivity contribution >= 4 is 17.6 Å². The molecule has 0 bridgehead atoms. The van der Waals surface area contributed by atoms with E-state index in [-0.39, 0.29) is 5.91 Å². The first kappa shape index (κ1) is 22.9. The van der Waals surface area contributed by atoms with E-state index in [0.717, 1.165) is 25.1 Å². The Hall–Kier alpha value is -3.80. The third-order valence-corrected chi connectivity index (χ3v) is 4.56. The number of carboxylic acid groups (broad SMARTS) is 1. The first-order valence-electron chi connectivity index (χ1n) is 9.38. The first-order valence-corrected chi connectivity index (χ1v) is 9.38. The van der Waals surface area contributed by atoms with Crippen molar-refractivity contribution in [2.75, 3.05) is 11.9 Å². The van der Waals surface area contributed by atoms with Crippen LogP contribution in [0.25, 0.3) is 11.4 Å². The summed E-state index contributed by atoms with van der Waals surface area (Å²) >= 11 is 0. The van der Waals surface area contributed by atoms with Gasteiger partial charge in [0.2, 0.25) is 0 Å². The molecular weight excluding hydrogens is 429 g/mol. The molecule has 0 saturated heterocycles. The second kappa shape index (κ2) is 9.56. The monoisotopic (exact) mass is 448 g/mol. The molecule has 3 N–H and O–H groups in total. The van der Waals surface area contributed by atoms with Crippen LogP contribution in [0.1, 0.15) is 21.5 Å². The first-order chi connectivity index (χ1) is 15.1. The number of pyridine rings is 1. The van der Waals surface area contributed by atoms with E-state index in [0.29, 0.717) is 17.1 Å². The lowest BCUT2D eigenvalue weighted by atomic mass is 9.98. The third kappa shape index (κ3) is 5.66. The lowest BCUT2D eigenvalue weighted by Crippen LogP contribution is -2.24. The summed E-state index contributed by atoms with van der Waals surface area (Å²) in [6.45, 7) is 1.79. The van der Waals surface area contributed by atoms with Gasteiger partial charge in [-0.3, -0.25) is 9.78 Å². The number of alkyl halides is 3. The summed E-state index contributed by atoms with van der Waals surface area (Å²) in [5.41, 5.74) is 4.56. The number of rotatable bonds is 3. The molecule has 3 aromatic rings. The van der Waals surface area contributed by atoms with Crippen LogP contribution in [0.3, 0.4) is 0 Å². The van der Waals surface area contributed by atoms with Gasteiger partial charge in [-0.2, -0.15) is 13.2 Å². The number of amides is 1. The summed E-state index contributed by atoms with van der Waals surface area (Å²) < 4.78 is 33.5. The van der Waals surface area contributed by atoms with Gasteiger partial charge in [-0.15, -0.1) is 10.2 Å². The van der Waals surface area contributed by atoms with Gasteiger partial charge < -0.3 is 20.3 Å². The minimum absolute atomic E-state index is 0.148. The van der Waals surface area contributed by atoms with Crippen LogP contribution in [0.4, 0.5) is 18.9 Å². The number of aliphatic carboxylic acids is 1. The average Bonchev–Trinajstić information content (AvgIpc) is 3.19. The van der Waals surface area contributed by atoms with E-state index in [1.165, 1.54) is 11.1 Å².